The summed E-state index contributed by atoms with van der Waals surface area (Å²) in [4.78, 5) is 39.1. The van der Waals surface area contributed by atoms with Crippen molar-refractivity contribution in [2.75, 3.05) is 19.6 Å². The molecule has 6 nitrogen and oxygen atoms in total. The van der Waals surface area contributed by atoms with E-state index in [-0.39, 0.29) is 29.6 Å². The number of hydrogen-bond acceptors (Lipinski definition) is 3. The van der Waals surface area contributed by atoms with E-state index in [9.17, 15) is 14.4 Å². The van der Waals surface area contributed by atoms with Crippen LogP contribution in [0.4, 0.5) is 0 Å². The Morgan fingerprint density at radius 3 is 2.25 bits per heavy atom. The molecule has 0 radical (unpaired) electrons. The number of carbonyl (C=O) groups excluding carboxylic acids is 3. The standard InChI is InChI=1S/C14H21N3O3/c15-13(19)9-3-5-16(6-4-9)14(20)10-7-12(18)17(8-10)11-1-2-11/h9-11H,1-8H2,(H2,15,19). The molecular formula is C14H21N3O3. The fourth-order valence-electron chi connectivity index (χ4n) is 3.28. The summed E-state index contributed by atoms with van der Waals surface area (Å²) in [5.74, 6) is -0.365. The highest BCUT2D eigenvalue weighted by molar-refractivity contribution is 5.89. The minimum atomic E-state index is -0.270. The smallest absolute Gasteiger partial charge is 0.227 e. The van der Waals surface area contributed by atoms with Gasteiger partial charge in [-0.05, 0) is 25.7 Å². The van der Waals surface area contributed by atoms with Crippen LogP contribution in [-0.4, -0.2) is 53.2 Å². The molecule has 2 saturated heterocycles. The molecule has 0 bridgehead atoms. The molecule has 3 rings (SSSR count). The number of carbonyl (C=O) groups is 3. The minimum Gasteiger partial charge on any atom is -0.369 e. The Balaban J connectivity index is 1.55. The van der Waals surface area contributed by atoms with Gasteiger partial charge in [-0.25, -0.2) is 0 Å². The average Bonchev–Trinajstić information content (AvgIpc) is 3.21. The lowest BCUT2D eigenvalue weighted by Crippen LogP contribution is -2.44. The van der Waals surface area contributed by atoms with Crippen molar-refractivity contribution in [1.29, 1.82) is 0 Å². The Morgan fingerprint density at radius 1 is 1.05 bits per heavy atom. The van der Waals surface area contributed by atoms with E-state index in [1.165, 1.54) is 0 Å². The third-order valence-electron chi connectivity index (χ3n) is 4.70. The Morgan fingerprint density at radius 2 is 1.70 bits per heavy atom. The molecule has 0 aromatic heterocycles. The molecule has 3 amide bonds. The monoisotopic (exact) mass is 279 g/mol. The van der Waals surface area contributed by atoms with Crippen molar-refractivity contribution in [3.63, 3.8) is 0 Å². The summed E-state index contributed by atoms with van der Waals surface area (Å²) in [6.45, 7) is 1.75. The Labute approximate surface area is 118 Å². The Kier molecular flexibility index (Phi) is 3.40. The number of amides is 3. The van der Waals surface area contributed by atoms with E-state index in [2.05, 4.69) is 0 Å². The van der Waals surface area contributed by atoms with Crippen LogP contribution in [0.25, 0.3) is 0 Å². The van der Waals surface area contributed by atoms with Gasteiger partial charge in [-0.1, -0.05) is 0 Å². The summed E-state index contributed by atoms with van der Waals surface area (Å²) < 4.78 is 0. The summed E-state index contributed by atoms with van der Waals surface area (Å²) in [7, 11) is 0. The van der Waals surface area contributed by atoms with Crippen molar-refractivity contribution < 1.29 is 14.4 Å². The van der Waals surface area contributed by atoms with E-state index in [1.54, 1.807) is 4.90 Å². The lowest BCUT2D eigenvalue weighted by atomic mass is 9.95. The first kappa shape index (κ1) is 13.4. The molecule has 6 heteroatoms. The molecule has 3 aliphatic rings. The molecule has 20 heavy (non-hydrogen) atoms. The molecule has 2 N–H and O–H groups in total. The number of nitrogens with two attached hydrogens (primary N) is 1. The van der Waals surface area contributed by atoms with E-state index >= 15 is 0 Å². The van der Waals surface area contributed by atoms with Gasteiger partial charge in [0.25, 0.3) is 0 Å². The van der Waals surface area contributed by atoms with Gasteiger partial charge in [-0.2, -0.15) is 0 Å². The molecule has 0 aromatic rings. The Bertz CT molecular complexity index is 439. The predicted molar refractivity (Wildman–Crippen MR) is 71.3 cm³/mol. The predicted octanol–water partition coefficient (Wildman–Crippen LogP) is -0.279. The van der Waals surface area contributed by atoms with Crippen LogP contribution < -0.4 is 5.73 Å². The molecule has 1 saturated carbocycles. The second-order valence-electron chi connectivity index (χ2n) is 6.18. The second kappa shape index (κ2) is 5.07. The lowest BCUT2D eigenvalue weighted by molar-refractivity contribution is -0.138. The molecule has 2 heterocycles. The third-order valence-corrected chi connectivity index (χ3v) is 4.70. The molecular weight excluding hydrogens is 258 g/mol. The first-order chi connectivity index (χ1) is 9.56. The van der Waals surface area contributed by atoms with Crippen LogP contribution >= 0.6 is 0 Å². The van der Waals surface area contributed by atoms with Crippen molar-refractivity contribution in [1.82, 2.24) is 9.80 Å². The second-order valence-corrected chi connectivity index (χ2v) is 6.18. The molecule has 0 aromatic carbocycles. The zero-order chi connectivity index (χ0) is 14.3. The molecule has 1 atom stereocenters. The number of nitrogens with zero attached hydrogens (tertiary/aromatic N) is 2. The summed E-state index contributed by atoms with van der Waals surface area (Å²) >= 11 is 0. The third kappa shape index (κ3) is 2.51. The average molecular weight is 279 g/mol. The van der Waals surface area contributed by atoms with Gasteiger partial charge in [-0.3, -0.25) is 14.4 Å². The van der Waals surface area contributed by atoms with Gasteiger partial charge in [0.1, 0.15) is 0 Å². The molecule has 110 valence electrons. The summed E-state index contributed by atoms with van der Waals surface area (Å²) in [6.07, 6.45) is 3.81. The summed E-state index contributed by atoms with van der Waals surface area (Å²) in [6, 6.07) is 0.390. The van der Waals surface area contributed by atoms with E-state index in [0.717, 1.165) is 12.8 Å². The molecule has 0 spiro atoms. The Hall–Kier alpha value is -1.59. The number of piperidine rings is 1. The zero-order valence-electron chi connectivity index (χ0n) is 11.6. The number of hydrogen-bond donors (Lipinski definition) is 1. The van der Waals surface area contributed by atoms with Crippen molar-refractivity contribution in [3.05, 3.63) is 0 Å². The highest BCUT2D eigenvalue weighted by Gasteiger charge is 2.43. The topological polar surface area (TPSA) is 83.7 Å². The van der Waals surface area contributed by atoms with E-state index < -0.39 is 0 Å². The molecule has 1 unspecified atom stereocenters. The molecule has 2 aliphatic heterocycles. The lowest BCUT2D eigenvalue weighted by Gasteiger charge is -2.32. The zero-order valence-corrected chi connectivity index (χ0v) is 11.6. The van der Waals surface area contributed by atoms with Crippen molar-refractivity contribution >= 4 is 17.7 Å². The van der Waals surface area contributed by atoms with Gasteiger partial charge in [0.15, 0.2) is 0 Å². The van der Waals surface area contributed by atoms with E-state index in [1.807, 2.05) is 4.90 Å². The van der Waals surface area contributed by atoms with Gasteiger partial charge >= 0.3 is 0 Å². The first-order valence-corrected chi connectivity index (χ1v) is 7.44. The van der Waals surface area contributed by atoms with Crippen LogP contribution in [0, 0.1) is 11.8 Å². The van der Waals surface area contributed by atoms with Crippen LogP contribution in [0.3, 0.4) is 0 Å². The fraction of sp³-hybridized carbons (Fsp3) is 0.786. The summed E-state index contributed by atoms with van der Waals surface area (Å²) in [5, 5.41) is 0. The number of rotatable bonds is 3. The highest BCUT2D eigenvalue weighted by atomic mass is 16.2. The van der Waals surface area contributed by atoms with Crippen molar-refractivity contribution in [2.45, 2.75) is 38.1 Å². The van der Waals surface area contributed by atoms with Crippen molar-refractivity contribution in [2.24, 2.45) is 17.6 Å². The van der Waals surface area contributed by atoms with Crippen LogP contribution in [0.1, 0.15) is 32.1 Å². The van der Waals surface area contributed by atoms with Crippen LogP contribution in [0.15, 0.2) is 0 Å². The maximum Gasteiger partial charge on any atom is 0.227 e. The maximum atomic E-state index is 12.4. The number of likely N-dealkylation sites (tertiary alicyclic amines) is 2. The normalized spacial score (nSPS) is 28.0. The van der Waals surface area contributed by atoms with Crippen LogP contribution in [0.5, 0.6) is 0 Å². The van der Waals surface area contributed by atoms with Gasteiger partial charge in [0.2, 0.25) is 17.7 Å². The van der Waals surface area contributed by atoms with Crippen LogP contribution in [0.2, 0.25) is 0 Å². The molecule has 1 aliphatic carbocycles. The minimum absolute atomic E-state index is 0.0735. The van der Waals surface area contributed by atoms with Gasteiger partial charge in [-0.15, -0.1) is 0 Å². The first-order valence-electron chi connectivity index (χ1n) is 7.44. The largest absolute Gasteiger partial charge is 0.369 e. The van der Waals surface area contributed by atoms with Gasteiger partial charge in [0, 0.05) is 38.0 Å². The maximum absolute atomic E-state index is 12.4. The highest BCUT2D eigenvalue weighted by Crippen LogP contribution is 2.33. The van der Waals surface area contributed by atoms with Crippen LogP contribution in [-0.2, 0) is 14.4 Å². The van der Waals surface area contributed by atoms with Gasteiger partial charge < -0.3 is 15.5 Å². The van der Waals surface area contributed by atoms with E-state index in [4.69, 9.17) is 5.73 Å². The molecule has 3 fully saturated rings. The number of primary amides is 1. The van der Waals surface area contributed by atoms with Gasteiger partial charge in [0.05, 0.1) is 5.92 Å². The van der Waals surface area contributed by atoms with E-state index in [0.29, 0.717) is 44.9 Å². The summed E-state index contributed by atoms with van der Waals surface area (Å²) in [5.41, 5.74) is 5.29. The van der Waals surface area contributed by atoms with Crippen molar-refractivity contribution in [3.8, 4) is 0 Å². The quantitative estimate of drug-likeness (QED) is 0.771. The SMILES string of the molecule is NC(=O)C1CCN(C(=O)C2CC(=O)N(C3CC3)C2)CC1. The fourth-order valence-corrected chi connectivity index (χ4v) is 3.28.